The van der Waals surface area contributed by atoms with Gasteiger partial charge in [-0.15, -0.1) is 0 Å². The van der Waals surface area contributed by atoms with Crippen LogP contribution in [-0.4, -0.2) is 55.9 Å². The van der Waals surface area contributed by atoms with Crippen molar-refractivity contribution in [3.8, 4) is 0 Å². The molecule has 1 aromatic heterocycles. The summed E-state index contributed by atoms with van der Waals surface area (Å²) >= 11 is 0. The molecule has 0 saturated carbocycles. The summed E-state index contributed by atoms with van der Waals surface area (Å²) in [5, 5.41) is 6.68. The molecule has 1 aromatic carbocycles. The van der Waals surface area contributed by atoms with Gasteiger partial charge < -0.3 is 19.3 Å². The summed E-state index contributed by atoms with van der Waals surface area (Å²) in [4.78, 5) is 12.0. The highest BCUT2D eigenvalue weighted by molar-refractivity contribution is 7.89. The zero-order valence-corrected chi connectivity index (χ0v) is 19.0. The molecule has 2 saturated heterocycles. The molecule has 0 aliphatic carbocycles. The minimum Gasteiger partial charge on any atom is -0.354 e. The van der Waals surface area contributed by atoms with E-state index in [0.717, 1.165) is 5.56 Å². The van der Waals surface area contributed by atoms with Crippen LogP contribution in [0.4, 0.5) is 5.69 Å². The van der Waals surface area contributed by atoms with Crippen molar-refractivity contribution in [1.82, 2.24) is 9.46 Å². The monoisotopic (exact) mass is 461 g/mol. The zero-order chi connectivity index (χ0) is 22.8. The first kappa shape index (κ1) is 22.7. The van der Waals surface area contributed by atoms with E-state index < -0.39 is 15.8 Å². The average Bonchev–Trinajstić information content (AvgIpc) is 3.39. The fourth-order valence-electron chi connectivity index (χ4n) is 3.81. The third-order valence-electron chi connectivity index (χ3n) is 5.72. The van der Waals surface area contributed by atoms with E-state index >= 15 is 0 Å². The lowest BCUT2D eigenvalue weighted by atomic mass is 10.1. The van der Waals surface area contributed by atoms with Gasteiger partial charge in [0.15, 0.2) is 11.5 Å². The Morgan fingerprint density at radius 1 is 1.16 bits per heavy atom. The summed E-state index contributed by atoms with van der Waals surface area (Å²) in [6, 6.07) is 6.64. The van der Waals surface area contributed by atoms with E-state index in [9.17, 15) is 13.2 Å². The summed E-state index contributed by atoms with van der Waals surface area (Å²) in [7, 11) is -3.59. The van der Waals surface area contributed by atoms with Gasteiger partial charge in [0.25, 0.3) is 0 Å². The Hall–Kier alpha value is -2.53. The van der Waals surface area contributed by atoms with E-state index in [2.05, 4.69) is 10.5 Å². The van der Waals surface area contributed by atoms with Crippen LogP contribution in [0.25, 0.3) is 12.2 Å². The molecule has 1 N–H and O–H groups in total. The molecule has 10 heteroatoms. The van der Waals surface area contributed by atoms with E-state index in [0.29, 0.717) is 62.7 Å². The van der Waals surface area contributed by atoms with Crippen LogP contribution in [0.15, 0.2) is 33.7 Å². The minimum atomic E-state index is -3.59. The van der Waals surface area contributed by atoms with Crippen LogP contribution in [-0.2, 0) is 24.3 Å². The first-order valence-corrected chi connectivity index (χ1v) is 12.1. The topological polar surface area (TPSA) is 111 Å². The van der Waals surface area contributed by atoms with Crippen LogP contribution in [0.3, 0.4) is 0 Å². The Kier molecular flexibility index (Phi) is 6.47. The zero-order valence-electron chi connectivity index (χ0n) is 18.2. The van der Waals surface area contributed by atoms with Gasteiger partial charge in [0, 0.05) is 32.4 Å². The maximum absolute atomic E-state index is 13.0. The molecule has 2 aliphatic heterocycles. The lowest BCUT2D eigenvalue weighted by Crippen LogP contribution is -2.47. The molecule has 0 radical (unpaired) electrons. The van der Waals surface area contributed by atoms with Gasteiger partial charge in [0.2, 0.25) is 15.9 Å². The number of carbonyl (C=O) groups excluding carboxylic acids is 1. The second-order valence-electron chi connectivity index (χ2n) is 7.82. The third-order valence-corrected chi connectivity index (χ3v) is 7.63. The molecule has 0 atom stereocenters. The van der Waals surface area contributed by atoms with Crippen molar-refractivity contribution in [3.63, 3.8) is 0 Å². The van der Waals surface area contributed by atoms with Gasteiger partial charge in [-0.1, -0.05) is 30.3 Å². The van der Waals surface area contributed by atoms with Crippen molar-refractivity contribution in [3.05, 3.63) is 41.3 Å². The number of anilines is 1. The van der Waals surface area contributed by atoms with Crippen LogP contribution < -0.4 is 5.32 Å². The number of carbonyl (C=O) groups is 1. The number of benzene rings is 1. The summed E-state index contributed by atoms with van der Waals surface area (Å²) in [6.07, 6.45) is 4.88. The first-order valence-electron chi connectivity index (χ1n) is 10.7. The number of rotatable bonds is 6. The number of amides is 1. The normalized spacial score (nSPS) is 19.1. The van der Waals surface area contributed by atoms with Crippen LogP contribution in [0.2, 0.25) is 0 Å². The SMILES string of the molecule is CCC(=O)Nc1c(C)noc1C=Cc1ccc(S(=O)(=O)N2CCC3(CC2)OCCO3)cc1. The van der Waals surface area contributed by atoms with Crippen LogP contribution >= 0.6 is 0 Å². The van der Waals surface area contributed by atoms with Gasteiger partial charge in [-0.2, -0.15) is 4.31 Å². The molecule has 3 heterocycles. The maximum atomic E-state index is 13.0. The smallest absolute Gasteiger partial charge is 0.243 e. The van der Waals surface area contributed by atoms with Gasteiger partial charge in [-0.3, -0.25) is 4.79 Å². The molecule has 0 unspecified atom stereocenters. The maximum Gasteiger partial charge on any atom is 0.243 e. The largest absolute Gasteiger partial charge is 0.354 e. The van der Waals surface area contributed by atoms with E-state index in [4.69, 9.17) is 14.0 Å². The Balaban J connectivity index is 1.44. The number of nitrogens with zero attached hydrogens (tertiary/aromatic N) is 2. The summed E-state index contributed by atoms with van der Waals surface area (Å²) in [5.74, 6) is -0.315. The average molecular weight is 462 g/mol. The number of nitrogens with one attached hydrogen (secondary N) is 1. The fraction of sp³-hybridized carbons (Fsp3) is 0.455. The van der Waals surface area contributed by atoms with Crippen molar-refractivity contribution in [1.29, 1.82) is 0 Å². The molecular formula is C22H27N3O6S. The summed E-state index contributed by atoms with van der Waals surface area (Å²) < 4.78 is 44.2. The number of sulfonamides is 1. The lowest BCUT2D eigenvalue weighted by molar-refractivity contribution is -0.179. The predicted octanol–water partition coefficient (Wildman–Crippen LogP) is 3.03. The van der Waals surface area contributed by atoms with Gasteiger partial charge >= 0.3 is 0 Å². The molecule has 32 heavy (non-hydrogen) atoms. The van der Waals surface area contributed by atoms with Gasteiger partial charge in [-0.05, 0) is 30.7 Å². The number of ether oxygens (including phenoxy) is 2. The Bertz CT molecular complexity index is 1090. The van der Waals surface area contributed by atoms with E-state index in [-0.39, 0.29) is 10.8 Å². The lowest BCUT2D eigenvalue weighted by Gasteiger charge is -2.36. The van der Waals surface area contributed by atoms with E-state index in [1.807, 2.05) is 0 Å². The standard InChI is InChI=1S/C22H27N3O6S/c1-3-20(26)23-21-16(2)24-31-19(21)9-6-17-4-7-18(8-5-17)32(27,28)25-12-10-22(11-13-25)29-14-15-30-22/h4-9H,3,10-15H2,1-2H3,(H,23,26). The molecule has 4 rings (SSSR count). The summed E-state index contributed by atoms with van der Waals surface area (Å²) in [6.45, 7) is 5.35. The number of aryl methyl sites for hydroxylation is 1. The third kappa shape index (κ3) is 4.63. The molecule has 2 aliphatic rings. The second-order valence-corrected chi connectivity index (χ2v) is 9.76. The van der Waals surface area contributed by atoms with Crippen molar-refractivity contribution in [2.75, 3.05) is 31.6 Å². The van der Waals surface area contributed by atoms with E-state index in [1.54, 1.807) is 50.3 Å². The highest BCUT2D eigenvalue weighted by Gasteiger charge is 2.42. The number of hydrogen-bond acceptors (Lipinski definition) is 7. The molecule has 2 fully saturated rings. The first-order chi connectivity index (χ1) is 15.3. The van der Waals surface area contributed by atoms with Crippen molar-refractivity contribution >= 4 is 33.8 Å². The van der Waals surface area contributed by atoms with Crippen molar-refractivity contribution in [2.24, 2.45) is 0 Å². The Labute approximate surface area is 187 Å². The Morgan fingerprint density at radius 2 is 1.81 bits per heavy atom. The fourth-order valence-corrected chi connectivity index (χ4v) is 5.25. The number of aromatic nitrogens is 1. The van der Waals surface area contributed by atoms with Gasteiger partial charge in [0.1, 0.15) is 11.4 Å². The minimum absolute atomic E-state index is 0.129. The van der Waals surface area contributed by atoms with Gasteiger partial charge in [-0.25, -0.2) is 8.42 Å². The predicted molar refractivity (Wildman–Crippen MR) is 118 cm³/mol. The second kappa shape index (κ2) is 9.14. The molecular weight excluding hydrogens is 434 g/mol. The molecule has 1 amide bonds. The molecule has 1 spiro atoms. The van der Waals surface area contributed by atoms with Crippen LogP contribution in [0.5, 0.6) is 0 Å². The Morgan fingerprint density at radius 3 is 2.44 bits per heavy atom. The van der Waals surface area contributed by atoms with Crippen LogP contribution in [0, 0.1) is 6.92 Å². The molecule has 172 valence electrons. The van der Waals surface area contributed by atoms with Crippen molar-refractivity contribution in [2.45, 2.75) is 43.8 Å². The quantitative estimate of drug-likeness (QED) is 0.704. The van der Waals surface area contributed by atoms with Crippen molar-refractivity contribution < 1.29 is 27.2 Å². The molecule has 0 bridgehead atoms. The highest BCUT2D eigenvalue weighted by Crippen LogP contribution is 2.33. The number of hydrogen-bond donors (Lipinski definition) is 1. The van der Waals surface area contributed by atoms with Gasteiger partial charge in [0.05, 0.1) is 18.1 Å². The van der Waals surface area contributed by atoms with E-state index in [1.165, 1.54) is 4.31 Å². The summed E-state index contributed by atoms with van der Waals surface area (Å²) in [5.41, 5.74) is 1.91. The molecule has 9 nitrogen and oxygen atoms in total. The van der Waals surface area contributed by atoms with Crippen LogP contribution in [0.1, 0.15) is 43.2 Å². The highest BCUT2D eigenvalue weighted by atomic mass is 32.2. The molecule has 2 aromatic rings. The number of piperidine rings is 1.